The standard InChI is InChI=1S/C30H26N2O2/c1-19-16-21(3)28-26(17-19)32-30(34-28)24-15-14-20(2)25(18-24)31-29(33)27(22-10-6-4-7-11-22)23-12-8-5-9-13-23/h4-18,27H,1-3H3,(H,31,33). The van der Waals surface area contributed by atoms with Crippen molar-refractivity contribution in [2.75, 3.05) is 5.32 Å². The highest BCUT2D eigenvalue weighted by Crippen LogP contribution is 2.31. The molecule has 1 N–H and O–H groups in total. The molecule has 0 bridgehead atoms. The average Bonchev–Trinajstić information content (AvgIpc) is 3.26. The van der Waals surface area contributed by atoms with Crippen molar-refractivity contribution in [3.8, 4) is 11.5 Å². The summed E-state index contributed by atoms with van der Waals surface area (Å²) in [4.78, 5) is 18.3. The number of nitrogens with zero attached hydrogens (tertiary/aromatic N) is 1. The van der Waals surface area contributed by atoms with E-state index in [1.165, 1.54) is 0 Å². The molecule has 0 spiro atoms. The minimum atomic E-state index is -0.416. The first-order valence-electron chi connectivity index (χ1n) is 11.4. The second-order valence-corrected chi connectivity index (χ2v) is 8.72. The van der Waals surface area contributed by atoms with Gasteiger partial charge in [-0.3, -0.25) is 4.79 Å². The van der Waals surface area contributed by atoms with Gasteiger partial charge in [0.1, 0.15) is 5.52 Å². The van der Waals surface area contributed by atoms with Crippen molar-refractivity contribution in [2.45, 2.75) is 26.7 Å². The van der Waals surface area contributed by atoms with Crippen LogP contribution in [0.15, 0.2) is 95.4 Å². The lowest BCUT2D eigenvalue weighted by Gasteiger charge is -2.19. The normalized spacial score (nSPS) is 11.2. The zero-order chi connectivity index (χ0) is 23.7. The van der Waals surface area contributed by atoms with Gasteiger partial charge in [-0.05, 0) is 66.8 Å². The van der Waals surface area contributed by atoms with Crippen LogP contribution in [0.25, 0.3) is 22.6 Å². The third kappa shape index (κ3) is 4.23. The summed E-state index contributed by atoms with van der Waals surface area (Å²) in [5.41, 5.74) is 8.28. The van der Waals surface area contributed by atoms with Gasteiger partial charge in [0.2, 0.25) is 11.8 Å². The maximum atomic E-state index is 13.6. The number of aromatic nitrogens is 1. The van der Waals surface area contributed by atoms with Crippen LogP contribution in [-0.2, 0) is 4.79 Å². The van der Waals surface area contributed by atoms with Crippen molar-refractivity contribution in [3.05, 3.63) is 119 Å². The van der Waals surface area contributed by atoms with Crippen molar-refractivity contribution in [2.24, 2.45) is 0 Å². The molecule has 0 atom stereocenters. The number of oxazole rings is 1. The van der Waals surface area contributed by atoms with Gasteiger partial charge in [-0.15, -0.1) is 0 Å². The highest BCUT2D eigenvalue weighted by Gasteiger charge is 2.23. The Morgan fingerprint density at radius 3 is 2.09 bits per heavy atom. The molecule has 0 aliphatic rings. The number of benzene rings is 4. The summed E-state index contributed by atoms with van der Waals surface area (Å²) in [7, 11) is 0. The predicted octanol–water partition coefficient (Wildman–Crippen LogP) is 7.19. The number of hydrogen-bond acceptors (Lipinski definition) is 3. The lowest BCUT2D eigenvalue weighted by molar-refractivity contribution is -0.116. The van der Waals surface area contributed by atoms with Crippen molar-refractivity contribution in [1.29, 1.82) is 0 Å². The highest BCUT2D eigenvalue weighted by molar-refractivity contribution is 5.99. The van der Waals surface area contributed by atoms with E-state index in [4.69, 9.17) is 9.40 Å². The molecule has 4 nitrogen and oxygen atoms in total. The largest absolute Gasteiger partial charge is 0.436 e. The number of rotatable bonds is 5. The van der Waals surface area contributed by atoms with Gasteiger partial charge in [0.25, 0.3) is 0 Å². The molecule has 0 aliphatic heterocycles. The Labute approximate surface area is 199 Å². The second-order valence-electron chi connectivity index (χ2n) is 8.72. The molecule has 168 valence electrons. The first kappa shape index (κ1) is 21.7. The van der Waals surface area contributed by atoms with Gasteiger partial charge >= 0.3 is 0 Å². The van der Waals surface area contributed by atoms with Gasteiger partial charge < -0.3 is 9.73 Å². The number of fused-ring (bicyclic) bond motifs is 1. The van der Waals surface area contributed by atoms with Crippen LogP contribution in [0, 0.1) is 20.8 Å². The number of nitrogens with one attached hydrogen (secondary N) is 1. The lowest BCUT2D eigenvalue weighted by atomic mass is 9.90. The summed E-state index contributed by atoms with van der Waals surface area (Å²) in [6.45, 7) is 6.06. The molecule has 5 rings (SSSR count). The Hall–Kier alpha value is -4.18. The molecule has 4 heteroatoms. The van der Waals surface area contributed by atoms with Crippen molar-refractivity contribution in [3.63, 3.8) is 0 Å². The SMILES string of the molecule is Cc1cc(C)c2oc(-c3ccc(C)c(NC(=O)C(c4ccccc4)c4ccccc4)c3)nc2c1. The number of anilines is 1. The molecule has 1 aromatic heterocycles. The van der Waals surface area contributed by atoms with Crippen LogP contribution >= 0.6 is 0 Å². The third-order valence-corrected chi connectivity index (χ3v) is 6.09. The molecule has 0 saturated heterocycles. The minimum absolute atomic E-state index is 0.0818. The molecular weight excluding hydrogens is 420 g/mol. The van der Waals surface area contributed by atoms with Gasteiger partial charge in [0.05, 0.1) is 5.92 Å². The Morgan fingerprint density at radius 2 is 1.44 bits per heavy atom. The fourth-order valence-electron chi connectivity index (χ4n) is 4.38. The van der Waals surface area contributed by atoms with Gasteiger partial charge in [0.15, 0.2) is 5.58 Å². The molecule has 0 fully saturated rings. The van der Waals surface area contributed by atoms with Crippen LogP contribution in [0.1, 0.15) is 33.7 Å². The zero-order valence-corrected chi connectivity index (χ0v) is 19.5. The minimum Gasteiger partial charge on any atom is -0.436 e. The van der Waals surface area contributed by atoms with Gasteiger partial charge in [-0.2, -0.15) is 0 Å². The maximum Gasteiger partial charge on any atom is 0.236 e. The molecule has 0 aliphatic carbocycles. The third-order valence-electron chi connectivity index (χ3n) is 6.09. The monoisotopic (exact) mass is 446 g/mol. The molecule has 0 saturated carbocycles. The Bertz CT molecular complexity index is 1430. The van der Waals surface area contributed by atoms with Crippen molar-refractivity contribution >= 4 is 22.7 Å². The predicted molar refractivity (Wildman–Crippen MR) is 137 cm³/mol. The van der Waals surface area contributed by atoms with E-state index < -0.39 is 5.92 Å². The van der Waals surface area contributed by atoms with Gasteiger partial charge in [0, 0.05) is 11.3 Å². The topological polar surface area (TPSA) is 55.1 Å². The number of aryl methyl sites for hydroxylation is 3. The quantitative estimate of drug-likeness (QED) is 0.311. The lowest BCUT2D eigenvalue weighted by Crippen LogP contribution is -2.22. The first-order chi connectivity index (χ1) is 16.5. The molecule has 0 unspecified atom stereocenters. The molecule has 1 heterocycles. The Morgan fingerprint density at radius 1 is 0.794 bits per heavy atom. The number of amides is 1. The van der Waals surface area contributed by atoms with Crippen LogP contribution in [0.4, 0.5) is 5.69 Å². The van der Waals surface area contributed by atoms with Crippen LogP contribution in [0.2, 0.25) is 0 Å². The Balaban J connectivity index is 1.50. The van der Waals surface area contributed by atoms with Crippen LogP contribution < -0.4 is 5.32 Å². The number of carbonyl (C=O) groups is 1. The summed E-state index contributed by atoms with van der Waals surface area (Å²) in [5, 5.41) is 3.16. The van der Waals surface area contributed by atoms with Crippen molar-refractivity contribution in [1.82, 2.24) is 4.98 Å². The summed E-state index contributed by atoms with van der Waals surface area (Å²) in [6.07, 6.45) is 0. The highest BCUT2D eigenvalue weighted by atomic mass is 16.3. The summed E-state index contributed by atoms with van der Waals surface area (Å²) < 4.78 is 6.10. The molecule has 1 amide bonds. The van der Waals surface area contributed by atoms with Crippen LogP contribution in [-0.4, -0.2) is 10.9 Å². The van der Waals surface area contributed by atoms with Crippen molar-refractivity contribution < 1.29 is 9.21 Å². The summed E-state index contributed by atoms with van der Waals surface area (Å²) >= 11 is 0. The second kappa shape index (κ2) is 8.99. The van der Waals surface area contributed by atoms with E-state index in [1.54, 1.807) is 0 Å². The van der Waals surface area contributed by atoms with E-state index in [9.17, 15) is 4.79 Å². The maximum absolute atomic E-state index is 13.6. The molecule has 4 aromatic carbocycles. The van der Waals surface area contributed by atoms with Gasteiger partial charge in [-0.1, -0.05) is 72.8 Å². The molecule has 5 aromatic rings. The Kier molecular flexibility index (Phi) is 5.72. The van der Waals surface area contributed by atoms with E-state index in [-0.39, 0.29) is 5.91 Å². The van der Waals surface area contributed by atoms with E-state index in [0.717, 1.165) is 50.2 Å². The summed E-state index contributed by atoms with van der Waals surface area (Å²) in [5.74, 6) is 0.0453. The number of hydrogen-bond donors (Lipinski definition) is 1. The van der Waals surface area contributed by atoms with E-state index >= 15 is 0 Å². The molecular formula is C30H26N2O2. The zero-order valence-electron chi connectivity index (χ0n) is 19.5. The molecule has 34 heavy (non-hydrogen) atoms. The first-order valence-corrected chi connectivity index (χ1v) is 11.4. The van der Waals surface area contributed by atoms with E-state index in [2.05, 4.69) is 18.3 Å². The van der Waals surface area contributed by atoms with Gasteiger partial charge in [-0.25, -0.2) is 4.98 Å². The van der Waals surface area contributed by atoms with E-state index in [0.29, 0.717) is 5.89 Å². The van der Waals surface area contributed by atoms with Crippen LogP contribution in [0.5, 0.6) is 0 Å². The summed E-state index contributed by atoms with van der Waals surface area (Å²) in [6, 6.07) is 29.7. The van der Waals surface area contributed by atoms with E-state index in [1.807, 2.05) is 98.8 Å². The average molecular weight is 447 g/mol. The molecule has 0 radical (unpaired) electrons. The number of carbonyl (C=O) groups excluding carboxylic acids is 1. The fourth-order valence-corrected chi connectivity index (χ4v) is 4.38. The smallest absolute Gasteiger partial charge is 0.236 e. The fraction of sp³-hybridized carbons (Fsp3) is 0.133. The van der Waals surface area contributed by atoms with Crippen LogP contribution in [0.3, 0.4) is 0 Å².